The third-order valence-corrected chi connectivity index (χ3v) is 7.80. The van der Waals surface area contributed by atoms with Gasteiger partial charge < -0.3 is 25.0 Å². The van der Waals surface area contributed by atoms with Crippen molar-refractivity contribution < 1.29 is 34.5 Å². The number of carbonyl (C=O) groups excluding carboxylic acids is 2. The molecule has 5 N–H and O–H groups in total. The molecule has 2 amide bonds. The van der Waals surface area contributed by atoms with Crippen LogP contribution in [0, 0.1) is 0 Å². The first-order valence-corrected chi connectivity index (χ1v) is 14.5. The summed E-state index contributed by atoms with van der Waals surface area (Å²) in [6.07, 6.45) is -0.643. The predicted molar refractivity (Wildman–Crippen MR) is 161 cm³/mol. The number of hydroxylamine groups is 1. The fourth-order valence-corrected chi connectivity index (χ4v) is 5.10. The van der Waals surface area contributed by atoms with Crippen molar-refractivity contribution in [2.45, 2.75) is 69.9 Å². The van der Waals surface area contributed by atoms with Crippen LogP contribution in [0.4, 0.5) is 5.69 Å². The molecule has 1 saturated heterocycles. The smallest absolute Gasteiger partial charge is 0.243 e. The van der Waals surface area contributed by atoms with E-state index in [4.69, 9.17) is 14.7 Å². The van der Waals surface area contributed by atoms with Crippen molar-refractivity contribution >= 4 is 17.5 Å². The summed E-state index contributed by atoms with van der Waals surface area (Å²) >= 11 is 0. The Hall–Kier alpha value is -3.64. The number of nitrogens with zero attached hydrogens (tertiary/aromatic N) is 1. The number of aliphatic hydroxyl groups excluding tert-OH is 2. The second kappa shape index (κ2) is 15.7. The van der Waals surface area contributed by atoms with Crippen LogP contribution in [0.3, 0.4) is 0 Å². The number of aliphatic hydroxyl groups is 2. The van der Waals surface area contributed by atoms with Crippen LogP contribution in [0.2, 0.25) is 0 Å². The minimum absolute atomic E-state index is 0.0343. The molecule has 10 nitrogen and oxygen atoms in total. The minimum atomic E-state index is -0.661. The summed E-state index contributed by atoms with van der Waals surface area (Å²) in [4.78, 5) is 25.5. The zero-order valence-electron chi connectivity index (χ0n) is 24.6. The molecule has 1 heterocycles. The molecule has 0 unspecified atom stereocenters. The van der Waals surface area contributed by atoms with Gasteiger partial charge in [0.05, 0.1) is 24.9 Å². The first-order valence-electron chi connectivity index (χ1n) is 14.5. The van der Waals surface area contributed by atoms with Crippen molar-refractivity contribution in [3.8, 4) is 0 Å². The van der Waals surface area contributed by atoms with E-state index in [0.717, 1.165) is 22.3 Å². The molecule has 10 heteroatoms. The Morgan fingerprint density at radius 1 is 0.930 bits per heavy atom. The summed E-state index contributed by atoms with van der Waals surface area (Å²) in [6, 6.07) is 24.4. The van der Waals surface area contributed by atoms with Crippen LogP contribution in [0.25, 0.3) is 0 Å². The van der Waals surface area contributed by atoms with E-state index in [0.29, 0.717) is 25.1 Å². The van der Waals surface area contributed by atoms with E-state index in [2.05, 4.69) is 10.2 Å². The summed E-state index contributed by atoms with van der Waals surface area (Å²) in [7, 11) is 1.98. The van der Waals surface area contributed by atoms with Crippen LogP contribution in [0.1, 0.15) is 73.4 Å². The van der Waals surface area contributed by atoms with Gasteiger partial charge in [-0.2, -0.15) is 0 Å². The molecule has 0 radical (unpaired) electrons. The monoisotopic (exact) mass is 591 g/mol. The maximum absolute atomic E-state index is 12.3. The number of hydrogen-bond acceptors (Lipinski definition) is 8. The summed E-state index contributed by atoms with van der Waals surface area (Å²) in [5.41, 5.74) is 5.61. The molecule has 1 fully saturated rings. The molecular formula is C33H41N3O7. The van der Waals surface area contributed by atoms with Crippen molar-refractivity contribution in [1.82, 2.24) is 10.4 Å². The van der Waals surface area contributed by atoms with Crippen LogP contribution in [0.5, 0.6) is 0 Å². The number of anilines is 1. The van der Waals surface area contributed by atoms with E-state index < -0.39 is 18.3 Å². The van der Waals surface area contributed by atoms with E-state index in [1.807, 2.05) is 80.7 Å². The molecule has 0 saturated carbocycles. The summed E-state index contributed by atoms with van der Waals surface area (Å²) < 4.78 is 12.9. The lowest BCUT2D eigenvalue weighted by atomic mass is 9.98. The molecule has 1 aliphatic rings. The number of amides is 2. The van der Waals surface area contributed by atoms with Crippen molar-refractivity contribution in [1.29, 1.82) is 0 Å². The number of likely N-dealkylation sites (N-methyl/N-ethyl adjacent to an activating group) is 1. The average molecular weight is 592 g/mol. The molecule has 0 aromatic heterocycles. The van der Waals surface area contributed by atoms with Gasteiger partial charge in [0, 0.05) is 43.1 Å². The van der Waals surface area contributed by atoms with Gasteiger partial charge in [0.1, 0.15) is 0 Å². The minimum Gasteiger partial charge on any atom is -0.392 e. The second-order valence-electron chi connectivity index (χ2n) is 10.9. The van der Waals surface area contributed by atoms with E-state index >= 15 is 0 Å². The molecule has 1 aliphatic heterocycles. The van der Waals surface area contributed by atoms with E-state index in [1.165, 1.54) is 0 Å². The van der Waals surface area contributed by atoms with Crippen molar-refractivity contribution in [2.24, 2.45) is 0 Å². The van der Waals surface area contributed by atoms with E-state index in [-0.39, 0.29) is 43.6 Å². The number of rotatable bonds is 13. The summed E-state index contributed by atoms with van der Waals surface area (Å²) in [6.45, 7) is 2.53. The Bertz CT molecular complexity index is 1300. The van der Waals surface area contributed by atoms with Crippen molar-refractivity contribution in [3.05, 3.63) is 101 Å². The molecule has 43 heavy (non-hydrogen) atoms. The van der Waals surface area contributed by atoms with Gasteiger partial charge in [0.25, 0.3) is 0 Å². The Balaban J connectivity index is 1.45. The van der Waals surface area contributed by atoms with Crippen LogP contribution >= 0.6 is 0 Å². The van der Waals surface area contributed by atoms with Crippen LogP contribution in [0.15, 0.2) is 78.9 Å². The normalized spacial score (nSPS) is 19.9. The second-order valence-corrected chi connectivity index (χ2v) is 10.9. The Morgan fingerprint density at radius 2 is 1.58 bits per heavy atom. The zero-order chi connectivity index (χ0) is 30.8. The van der Waals surface area contributed by atoms with Crippen LogP contribution in [-0.4, -0.2) is 57.9 Å². The zero-order valence-corrected chi connectivity index (χ0v) is 24.6. The number of carbonyl (C=O) groups is 2. The SMILES string of the molecule is C[C@H]([C@@H](O)c1ccccc1)N(C)C[C@@H]1C[C@H](c2ccc(CO)cc2)O[C@H](c2ccc(NC(=O)CCCC(=O)NO)cc2)O1. The van der Waals surface area contributed by atoms with E-state index in [1.54, 1.807) is 17.6 Å². The first kappa shape index (κ1) is 32.3. The molecular weight excluding hydrogens is 550 g/mol. The van der Waals surface area contributed by atoms with Gasteiger partial charge in [0.15, 0.2) is 6.29 Å². The van der Waals surface area contributed by atoms with Crippen molar-refractivity contribution in [3.63, 3.8) is 0 Å². The first-order chi connectivity index (χ1) is 20.8. The average Bonchev–Trinajstić information content (AvgIpc) is 3.04. The largest absolute Gasteiger partial charge is 0.392 e. The molecule has 3 aromatic carbocycles. The van der Waals surface area contributed by atoms with Gasteiger partial charge >= 0.3 is 0 Å². The molecule has 0 bridgehead atoms. The maximum atomic E-state index is 12.3. The quantitative estimate of drug-likeness (QED) is 0.146. The molecule has 5 atom stereocenters. The van der Waals surface area contributed by atoms with Gasteiger partial charge in [-0.3, -0.25) is 19.7 Å². The summed E-state index contributed by atoms with van der Waals surface area (Å²) in [5, 5.41) is 31.9. The van der Waals surface area contributed by atoms with Crippen molar-refractivity contribution in [2.75, 3.05) is 18.9 Å². The number of benzene rings is 3. The Labute approximate surface area is 252 Å². The fraction of sp³-hybridized carbons (Fsp3) is 0.394. The number of hydrogen-bond donors (Lipinski definition) is 5. The highest BCUT2D eigenvalue weighted by molar-refractivity contribution is 5.91. The van der Waals surface area contributed by atoms with Crippen LogP contribution < -0.4 is 10.8 Å². The lowest BCUT2D eigenvalue weighted by Crippen LogP contribution is -2.43. The topological polar surface area (TPSA) is 141 Å². The highest BCUT2D eigenvalue weighted by atomic mass is 16.7. The molecule has 3 aromatic rings. The lowest BCUT2D eigenvalue weighted by Gasteiger charge is -2.39. The van der Waals surface area contributed by atoms with Gasteiger partial charge in [-0.15, -0.1) is 0 Å². The number of ether oxygens (including phenoxy) is 2. The molecule has 4 rings (SSSR count). The fourth-order valence-electron chi connectivity index (χ4n) is 5.10. The van der Waals surface area contributed by atoms with Crippen LogP contribution in [-0.2, 0) is 25.7 Å². The third kappa shape index (κ3) is 9.17. The Kier molecular flexibility index (Phi) is 11.8. The van der Waals surface area contributed by atoms with Gasteiger partial charge in [0.2, 0.25) is 11.8 Å². The highest BCUT2D eigenvalue weighted by Crippen LogP contribution is 2.38. The maximum Gasteiger partial charge on any atom is 0.243 e. The predicted octanol–water partition coefficient (Wildman–Crippen LogP) is 4.39. The van der Waals surface area contributed by atoms with Gasteiger partial charge in [-0.05, 0) is 49.2 Å². The van der Waals surface area contributed by atoms with Gasteiger partial charge in [-0.1, -0.05) is 66.7 Å². The Morgan fingerprint density at radius 3 is 2.23 bits per heavy atom. The summed E-state index contributed by atoms with van der Waals surface area (Å²) in [5.74, 6) is -0.761. The molecule has 0 spiro atoms. The number of nitrogens with one attached hydrogen (secondary N) is 2. The molecule has 230 valence electrons. The molecule has 0 aliphatic carbocycles. The van der Waals surface area contributed by atoms with Gasteiger partial charge in [-0.25, -0.2) is 5.48 Å². The standard InChI is InChI=1S/C33H41N3O7/c1-22(32(40)25-7-4-3-5-8-25)36(2)20-28-19-29(24-13-11-23(21-37)12-14-24)43-33(42-28)26-15-17-27(18-16-26)34-30(38)9-6-10-31(39)35-41/h3-5,7-8,11-18,22,28-29,32-33,37,40-41H,6,9-10,19-21H2,1-2H3,(H,34,38)(H,35,39)/t22-,28+,29-,32-,33-/m1/s1. The third-order valence-electron chi connectivity index (χ3n) is 7.80. The lowest BCUT2D eigenvalue weighted by molar-refractivity contribution is -0.253. The highest BCUT2D eigenvalue weighted by Gasteiger charge is 2.34. The van der Waals surface area contributed by atoms with E-state index in [9.17, 15) is 19.8 Å².